The van der Waals surface area contributed by atoms with Crippen molar-refractivity contribution in [3.63, 3.8) is 0 Å². The largest absolute Gasteiger partial charge is 0.356 e. The molecule has 2 rings (SSSR count). The molecule has 0 radical (unpaired) electrons. The molecule has 0 saturated carbocycles. The van der Waals surface area contributed by atoms with Gasteiger partial charge in [0.1, 0.15) is 0 Å². The van der Waals surface area contributed by atoms with Crippen LogP contribution in [0.3, 0.4) is 0 Å². The molecule has 1 aromatic carbocycles. The maximum Gasteiger partial charge on any atom is 0.223 e. The monoisotopic (exact) mass is 322 g/mol. The van der Waals surface area contributed by atoms with Crippen LogP contribution in [-0.4, -0.2) is 30.4 Å². The van der Waals surface area contributed by atoms with E-state index in [1.165, 1.54) is 5.56 Å². The normalized spacial score (nSPS) is 18.1. The number of piperidine rings is 1. The quantitative estimate of drug-likeness (QED) is 0.802. The van der Waals surface area contributed by atoms with Crippen LogP contribution in [0.4, 0.5) is 0 Å². The van der Waals surface area contributed by atoms with E-state index in [4.69, 9.17) is 11.6 Å². The number of nitrogens with zero attached hydrogens (tertiary/aromatic N) is 1. The van der Waals surface area contributed by atoms with Gasteiger partial charge in [-0.25, -0.2) is 0 Å². The average Bonchev–Trinajstić information content (AvgIpc) is 2.55. The highest BCUT2D eigenvalue weighted by molar-refractivity contribution is 6.30. The molecule has 1 aliphatic rings. The first-order valence-electron chi connectivity index (χ1n) is 8.39. The highest BCUT2D eigenvalue weighted by Crippen LogP contribution is 2.27. The number of likely N-dealkylation sites (tertiary alicyclic amines) is 1. The maximum absolute atomic E-state index is 12.1. The molecular formula is C18H27ClN2O. The molecule has 1 heterocycles. The van der Waals surface area contributed by atoms with Crippen molar-refractivity contribution in [3.05, 3.63) is 34.9 Å². The number of hydrogen-bond acceptors (Lipinski definition) is 2. The van der Waals surface area contributed by atoms with Gasteiger partial charge in [0.25, 0.3) is 0 Å². The lowest BCUT2D eigenvalue weighted by molar-refractivity contribution is -0.126. The number of halogens is 1. The Morgan fingerprint density at radius 3 is 2.55 bits per heavy atom. The minimum Gasteiger partial charge on any atom is -0.356 e. The van der Waals surface area contributed by atoms with Crippen LogP contribution in [0.25, 0.3) is 0 Å². The third kappa shape index (κ3) is 4.72. The summed E-state index contributed by atoms with van der Waals surface area (Å²) in [5.74, 6) is 0.428. The van der Waals surface area contributed by atoms with E-state index in [0.29, 0.717) is 6.04 Å². The number of rotatable bonds is 6. The van der Waals surface area contributed by atoms with Gasteiger partial charge < -0.3 is 5.32 Å². The summed E-state index contributed by atoms with van der Waals surface area (Å²) in [6.07, 6.45) is 4.10. The van der Waals surface area contributed by atoms with E-state index >= 15 is 0 Å². The Morgan fingerprint density at radius 2 is 1.95 bits per heavy atom. The van der Waals surface area contributed by atoms with Crippen LogP contribution >= 0.6 is 11.6 Å². The van der Waals surface area contributed by atoms with Gasteiger partial charge >= 0.3 is 0 Å². The zero-order valence-corrected chi connectivity index (χ0v) is 14.4. The fourth-order valence-corrected chi connectivity index (χ4v) is 3.16. The molecule has 1 amide bonds. The molecular weight excluding hydrogens is 296 g/mol. The Kier molecular flexibility index (Phi) is 6.71. The molecule has 1 aromatic rings. The van der Waals surface area contributed by atoms with Gasteiger partial charge in [-0.05, 0) is 57.0 Å². The zero-order valence-electron chi connectivity index (χ0n) is 13.6. The van der Waals surface area contributed by atoms with Gasteiger partial charge in [-0.15, -0.1) is 0 Å². The summed E-state index contributed by atoms with van der Waals surface area (Å²) >= 11 is 5.95. The van der Waals surface area contributed by atoms with Gasteiger partial charge in [0.15, 0.2) is 0 Å². The topological polar surface area (TPSA) is 32.3 Å². The number of carbonyl (C=O) groups is 1. The Balaban J connectivity index is 1.81. The van der Waals surface area contributed by atoms with Crippen molar-refractivity contribution in [1.82, 2.24) is 10.2 Å². The van der Waals surface area contributed by atoms with Crippen LogP contribution in [0.2, 0.25) is 5.02 Å². The molecule has 1 atom stereocenters. The van der Waals surface area contributed by atoms with Crippen molar-refractivity contribution >= 4 is 17.5 Å². The summed E-state index contributed by atoms with van der Waals surface area (Å²) in [7, 11) is 0. The highest BCUT2D eigenvalue weighted by atomic mass is 35.5. The molecule has 0 spiro atoms. The lowest BCUT2D eigenvalue weighted by atomic mass is 9.94. The first-order chi connectivity index (χ1) is 10.6. The number of benzene rings is 1. The fourth-order valence-electron chi connectivity index (χ4n) is 3.03. The van der Waals surface area contributed by atoms with Gasteiger partial charge in [0.2, 0.25) is 5.91 Å². The van der Waals surface area contributed by atoms with Crippen LogP contribution < -0.4 is 5.32 Å². The SMILES string of the molecule is CCCCNC(=O)C1CCN([C@@H](C)c2ccc(Cl)cc2)CC1. The molecule has 4 heteroatoms. The molecule has 0 bridgehead atoms. The van der Waals surface area contributed by atoms with Crippen LogP contribution in [0.5, 0.6) is 0 Å². The van der Waals surface area contributed by atoms with E-state index < -0.39 is 0 Å². The minimum atomic E-state index is 0.186. The predicted molar refractivity (Wildman–Crippen MR) is 92.1 cm³/mol. The van der Waals surface area contributed by atoms with Gasteiger partial charge in [0.05, 0.1) is 0 Å². The smallest absolute Gasteiger partial charge is 0.223 e. The van der Waals surface area contributed by atoms with E-state index in [2.05, 4.69) is 36.2 Å². The molecule has 122 valence electrons. The van der Waals surface area contributed by atoms with E-state index in [1.54, 1.807) is 0 Å². The minimum absolute atomic E-state index is 0.186. The number of unbranched alkanes of at least 4 members (excludes halogenated alkanes) is 1. The van der Waals surface area contributed by atoms with Gasteiger partial charge in [-0.1, -0.05) is 37.1 Å². The van der Waals surface area contributed by atoms with Crippen LogP contribution in [0, 0.1) is 5.92 Å². The predicted octanol–water partition coefficient (Wildman–Crippen LogP) is 4.03. The molecule has 0 aliphatic carbocycles. The van der Waals surface area contributed by atoms with Crippen molar-refractivity contribution in [2.75, 3.05) is 19.6 Å². The molecule has 22 heavy (non-hydrogen) atoms. The molecule has 0 unspecified atom stereocenters. The summed E-state index contributed by atoms with van der Waals surface area (Å²) in [5.41, 5.74) is 1.29. The number of carbonyl (C=O) groups excluding carboxylic acids is 1. The Morgan fingerprint density at radius 1 is 1.32 bits per heavy atom. The van der Waals surface area contributed by atoms with Crippen LogP contribution in [0.1, 0.15) is 51.1 Å². The molecule has 3 nitrogen and oxygen atoms in total. The van der Waals surface area contributed by atoms with E-state index in [-0.39, 0.29) is 11.8 Å². The standard InChI is InChI=1S/C18H27ClN2O/c1-3-4-11-20-18(22)16-9-12-21(13-10-16)14(2)15-5-7-17(19)8-6-15/h5-8,14,16H,3-4,9-13H2,1-2H3,(H,20,22)/t14-/m0/s1. The molecule has 1 fully saturated rings. The highest BCUT2D eigenvalue weighted by Gasteiger charge is 2.27. The summed E-state index contributed by atoms with van der Waals surface area (Å²) < 4.78 is 0. The molecule has 1 N–H and O–H groups in total. The summed E-state index contributed by atoms with van der Waals surface area (Å²) in [6.45, 7) is 7.15. The second-order valence-electron chi connectivity index (χ2n) is 6.18. The van der Waals surface area contributed by atoms with Crippen molar-refractivity contribution in [2.24, 2.45) is 5.92 Å². The average molecular weight is 323 g/mol. The number of hydrogen-bond donors (Lipinski definition) is 1. The van der Waals surface area contributed by atoms with E-state index in [9.17, 15) is 4.79 Å². The summed E-state index contributed by atoms with van der Waals surface area (Å²) in [6, 6.07) is 8.46. The summed E-state index contributed by atoms with van der Waals surface area (Å²) in [5, 5.41) is 3.84. The van der Waals surface area contributed by atoms with Gasteiger partial charge in [0, 0.05) is 23.5 Å². The summed E-state index contributed by atoms with van der Waals surface area (Å²) in [4.78, 5) is 14.6. The third-order valence-corrected chi connectivity index (χ3v) is 4.88. The maximum atomic E-state index is 12.1. The Hall–Kier alpha value is -1.06. The van der Waals surface area contributed by atoms with Crippen LogP contribution in [0.15, 0.2) is 24.3 Å². The first-order valence-corrected chi connectivity index (χ1v) is 8.76. The molecule has 1 aliphatic heterocycles. The van der Waals surface area contributed by atoms with Crippen LogP contribution in [-0.2, 0) is 4.79 Å². The number of nitrogens with one attached hydrogen (secondary N) is 1. The lowest BCUT2D eigenvalue weighted by Crippen LogP contribution is -2.41. The van der Waals surface area contributed by atoms with Crippen molar-refractivity contribution in [2.45, 2.75) is 45.6 Å². The zero-order chi connectivity index (χ0) is 15.9. The molecule has 1 saturated heterocycles. The van der Waals surface area contributed by atoms with Gasteiger partial charge in [-0.3, -0.25) is 9.69 Å². The second kappa shape index (κ2) is 8.54. The Labute approximate surface area is 139 Å². The van der Waals surface area contributed by atoms with E-state index in [1.807, 2.05) is 12.1 Å². The first kappa shape index (κ1) is 17.3. The van der Waals surface area contributed by atoms with Crippen molar-refractivity contribution in [3.8, 4) is 0 Å². The van der Waals surface area contributed by atoms with E-state index in [0.717, 1.165) is 50.3 Å². The molecule has 0 aromatic heterocycles. The fraction of sp³-hybridized carbons (Fsp3) is 0.611. The van der Waals surface area contributed by atoms with Crippen molar-refractivity contribution < 1.29 is 4.79 Å². The Bertz CT molecular complexity index is 466. The second-order valence-corrected chi connectivity index (χ2v) is 6.62. The third-order valence-electron chi connectivity index (χ3n) is 4.63. The van der Waals surface area contributed by atoms with Gasteiger partial charge in [-0.2, -0.15) is 0 Å². The number of amides is 1. The lowest BCUT2D eigenvalue weighted by Gasteiger charge is -2.35. The van der Waals surface area contributed by atoms with Crippen molar-refractivity contribution in [1.29, 1.82) is 0 Å².